The fourth-order valence-corrected chi connectivity index (χ4v) is 2.64. The van der Waals surface area contributed by atoms with E-state index in [0.29, 0.717) is 12.6 Å². The molecule has 0 radical (unpaired) electrons. The van der Waals surface area contributed by atoms with E-state index in [-0.39, 0.29) is 0 Å². The molecular weight excluding hydrogens is 289 g/mol. The Morgan fingerprint density at radius 1 is 0.950 bits per heavy atom. The number of halogens is 2. The van der Waals surface area contributed by atoms with Crippen molar-refractivity contribution in [1.82, 2.24) is 5.32 Å². The van der Waals surface area contributed by atoms with Crippen molar-refractivity contribution in [3.8, 4) is 0 Å². The summed E-state index contributed by atoms with van der Waals surface area (Å²) in [6.07, 6.45) is 2.16. The van der Waals surface area contributed by atoms with E-state index in [4.69, 9.17) is 23.2 Å². The second-order valence-corrected chi connectivity index (χ2v) is 5.82. The van der Waals surface area contributed by atoms with Crippen molar-refractivity contribution in [1.29, 1.82) is 0 Å². The minimum atomic E-state index is 0.419. The lowest BCUT2D eigenvalue weighted by Crippen LogP contribution is -2.26. The van der Waals surface area contributed by atoms with Crippen LogP contribution in [0.3, 0.4) is 0 Å². The third-order valence-electron chi connectivity index (χ3n) is 3.40. The Bertz CT molecular complexity index is 520. The molecule has 2 aromatic rings. The first-order valence-electron chi connectivity index (χ1n) is 6.87. The second kappa shape index (κ2) is 7.68. The standard InChI is InChI=1S/C17H19Cl2N/c1-13(10-11-14-6-3-2-4-7-14)20-12-15-16(18)8-5-9-17(15)19/h2-9,13,20H,10-12H2,1H3. The van der Waals surface area contributed by atoms with E-state index in [0.717, 1.165) is 28.5 Å². The van der Waals surface area contributed by atoms with Crippen molar-refractivity contribution in [2.75, 3.05) is 0 Å². The normalized spacial score (nSPS) is 12.3. The van der Waals surface area contributed by atoms with Crippen LogP contribution in [0.4, 0.5) is 0 Å². The van der Waals surface area contributed by atoms with Gasteiger partial charge < -0.3 is 5.32 Å². The molecule has 0 fully saturated rings. The SMILES string of the molecule is CC(CCc1ccccc1)NCc1c(Cl)cccc1Cl. The smallest absolute Gasteiger partial charge is 0.0465 e. The van der Waals surface area contributed by atoms with Crippen LogP contribution in [0, 0.1) is 0 Å². The minimum Gasteiger partial charge on any atom is -0.310 e. The number of nitrogens with one attached hydrogen (secondary N) is 1. The number of hydrogen-bond donors (Lipinski definition) is 1. The van der Waals surface area contributed by atoms with E-state index in [1.165, 1.54) is 5.56 Å². The highest BCUT2D eigenvalue weighted by Crippen LogP contribution is 2.24. The number of hydrogen-bond acceptors (Lipinski definition) is 1. The highest BCUT2D eigenvalue weighted by Gasteiger charge is 2.07. The van der Waals surface area contributed by atoms with Gasteiger partial charge in [0.05, 0.1) is 0 Å². The summed E-state index contributed by atoms with van der Waals surface area (Å²) in [6.45, 7) is 2.89. The molecule has 0 spiro atoms. The van der Waals surface area contributed by atoms with Gasteiger partial charge in [0, 0.05) is 28.2 Å². The highest BCUT2D eigenvalue weighted by atomic mass is 35.5. The maximum atomic E-state index is 6.16. The summed E-state index contributed by atoms with van der Waals surface area (Å²) < 4.78 is 0. The molecule has 106 valence electrons. The van der Waals surface area contributed by atoms with E-state index in [1.54, 1.807) is 0 Å². The first-order valence-corrected chi connectivity index (χ1v) is 7.62. The van der Waals surface area contributed by atoms with E-state index >= 15 is 0 Å². The summed E-state index contributed by atoms with van der Waals surface area (Å²) in [5, 5.41) is 4.93. The molecule has 0 amide bonds. The Labute approximate surface area is 130 Å². The van der Waals surface area contributed by atoms with Gasteiger partial charge in [0.2, 0.25) is 0 Å². The summed E-state index contributed by atoms with van der Waals surface area (Å²) >= 11 is 12.3. The van der Waals surface area contributed by atoms with Gasteiger partial charge >= 0.3 is 0 Å². The lowest BCUT2D eigenvalue weighted by Gasteiger charge is -2.15. The van der Waals surface area contributed by atoms with Gasteiger partial charge in [0.25, 0.3) is 0 Å². The quantitative estimate of drug-likeness (QED) is 0.782. The molecule has 0 aliphatic rings. The Morgan fingerprint density at radius 2 is 1.60 bits per heavy atom. The molecule has 1 N–H and O–H groups in total. The summed E-state index contributed by atoms with van der Waals surface area (Å²) in [4.78, 5) is 0. The Kier molecular flexibility index (Phi) is 5.90. The van der Waals surface area contributed by atoms with Gasteiger partial charge in [0.15, 0.2) is 0 Å². The molecule has 1 unspecified atom stereocenters. The number of benzene rings is 2. The van der Waals surface area contributed by atoms with Crippen LogP contribution in [0.25, 0.3) is 0 Å². The zero-order valence-electron chi connectivity index (χ0n) is 11.6. The fraction of sp³-hybridized carbons (Fsp3) is 0.294. The molecule has 1 nitrogen and oxygen atoms in total. The van der Waals surface area contributed by atoms with Gasteiger partial charge in [-0.2, -0.15) is 0 Å². The maximum Gasteiger partial charge on any atom is 0.0465 e. The largest absolute Gasteiger partial charge is 0.310 e. The molecule has 1 atom stereocenters. The first kappa shape index (κ1) is 15.4. The number of rotatable bonds is 6. The van der Waals surface area contributed by atoms with Gasteiger partial charge in [0.1, 0.15) is 0 Å². The predicted molar refractivity (Wildman–Crippen MR) is 87.5 cm³/mol. The van der Waals surface area contributed by atoms with Crippen LogP contribution in [0.2, 0.25) is 10.0 Å². The van der Waals surface area contributed by atoms with Crippen LogP contribution in [-0.4, -0.2) is 6.04 Å². The molecule has 0 bridgehead atoms. The average Bonchev–Trinajstić information content (AvgIpc) is 2.46. The summed E-state index contributed by atoms with van der Waals surface area (Å²) in [6, 6.07) is 16.6. The third-order valence-corrected chi connectivity index (χ3v) is 4.11. The van der Waals surface area contributed by atoms with Crippen LogP contribution in [0.1, 0.15) is 24.5 Å². The predicted octanol–water partition coefficient (Wildman–Crippen LogP) is 5.10. The van der Waals surface area contributed by atoms with Crippen LogP contribution in [0.5, 0.6) is 0 Å². The van der Waals surface area contributed by atoms with E-state index in [2.05, 4.69) is 36.5 Å². The lowest BCUT2D eigenvalue weighted by atomic mass is 10.1. The second-order valence-electron chi connectivity index (χ2n) is 5.01. The van der Waals surface area contributed by atoms with Crippen molar-refractivity contribution >= 4 is 23.2 Å². The first-order chi connectivity index (χ1) is 9.66. The van der Waals surface area contributed by atoms with Gasteiger partial charge in [-0.1, -0.05) is 59.6 Å². The average molecular weight is 308 g/mol. The number of aryl methyl sites for hydroxylation is 1. The van der Waals surface area contributed by atoms with Crippen LogP contribution >= 0.6 is 23.2 Å². The van der Waals surface area contributed by atoms with Crippen molar-refractivity contribution in [3.05, 3.63) is 69.7 Å². The molecule has 0 aromatic heterocycles. The van der Waals surface area contributed by atoms with E-state index in [1.807, 2.05) is 24.3 Å². The van der Waals surface area contributed by atoms with E-state index in [9.17, 15) is 0 Å². The van der Waals surface area contributed by atoms with Crippen molar-refractivity contribution in [3.63, 3.8) is 0 Å². The van der Waals surface area contributed by atoms with Gasteiger partial charge in [-0.25, -0.2) is 0 Å². The third kappa shape index (κ3) is 4.52. The van der Waals surface area contributed by atoms with Crippen LogP contribution in [-0.2, 0) is 13.0 Å². The molecule has 3 heteroatoms. The maximum absolute atomic E-state index is 6.16. The van der Waals surface area contributed by atoms with Crippen LogP contribution in [0.15, 0.2) is 48.5 Å². The molecule has 0 aliphatic heterocycles. The molecule has 0 saturated heterocycles. The Morgan fingerprint density at radius 3 is 2.25 bits per heavy atom. The molecule has 0 aliphatic carbocycles. The van der Waals surface area contributed by atoms with E-state index < -0.39 is 0 Å². The monoisotopic (exact) mass is 307 g/mol. The Hall–Kier alpha value is -1.02. The summed E-state index contributed by atoms with van der Waals surface area (Å²) in [7, 11) is 0. The molecular formula is C17H19Cl2N. The Balaban J connectivity index is 1.82. The lowest BCUT2D eigenvalue weighted by molar-refractivity contribution is 0.514. The minimum absolute atomic E-state index is 0.419. The van der Waals surface area contributed by atoms with Crippen LogP contribution < -0.4 is 5.32 Å². The van der Waals surface area contributed by atoms with Crippen molar-refractivity contribution < 1.29 is 0 Å². The molecule has 2 rings (SSSR count). The van der Waals surface area contributed by atoms with Gasteiger partial charge in [-0.05, 0) is 37.5 Å². The summed E-state index contributed by atoms with van der Waals surface area (Å²) in [5.74, 6) is 0. The topological polar surface area (TPSA) is 12.0 Å². The molecule has 20 heavy (non-hydrogen) atoms. The zero-order chi connectivity index (χ0) is 14.4. The molecule has 2 aromatic carbocycles. The van der Waals surface area contributed by atoms with Crippen molar-refractivity contribution in [2.24, 2.45) is 0 Å². The van der Waals surface area contributed by atoms with Gasteiger partial charge in [-0.3, -0.25) is 0 Å². The van der Waals surface area contributed by atoms with Gasteiger partial charge in [-0.15, -0.1) is 0 Å². The van der Waals surface area contributed by atoms with Crippen molar-refractivity contribution in [2.45, 2.75) is 32.4 Å². The highest BCUT2D eigenvalue weighted by molar-refractivity contribution is 6.35. The fourth-order valence-electron chi connectivity index (χ4n) is 2.11. The molecule has 0 saturated carbocycles. The zero-order valence-corrected chi connectivity index (χ0v) is 13.1. The molecule has 0 heterocycles. The summed E-state index contributed by atoms with van der Waals surface area (Å²) in [5.41, 5.74) is 2.35.